The molecule has 2 aromatic carbocycles. The number of aryl methyl sites for hydroxylation is 2. The quantitative estimate of drug-likeness (QED) is 0.462. The number of aliphatic hydroxyl groups is 1. The highest BCUT2D eigenvalue weighted by Crippen LogP contribution is 2.42. The molecule has 0 radical (unpaired) electrons. The van der Waals surface area contributed by atoms with E-state index in [1.807, 2.05) is 31.4 Å². The number of nitriles is 1. The molecule has 0 saturated carbocycles. The fourth-order valence-corrected chi connectivity index (χ4v) is 4.82. The van der Waals surface area contributed by atoms with Crippen LogP contribution in [0.25, 0.3) is 11.3 Å². The van der Waals surface area contributed by atoms with Crippen LogP contribution in [0.2, 0.25) is 0 Å². The number of aromatic nitrogens is 4. The summed E-state index contributed by atoms with van der Waals surface area (Å²) in [6.07, 6.45) is 2.93. The Labute approximate surface area is 189 Å². The number of rotatable bonds is 6. The smallest absolute Gasteiger partial charge is 0.137 e. The van der Waals surface area contributed by atoms with Gasteiger partial charge in [0.15, 0.2) is 0 Å². The van der Waals surface area contributed by atoms with Crippen molar-refractivity contribution in [3.05, 3.63) is 87.5 Å². The van der Waals surface area contributed by atoms with E-state index in [1.165, 1.54) is 30.1 Å². The topological polar surface area (TPSA) is 87.6 Å². The van der Waals surface area contributed by atoms with Crippen molar-refractivity contribution < 1.29 is 9.50 Å². The maximum atomic E-state index is 14.5. The van der Waals surface area contributed by atoms with Gasteiger partial charge in [0.2, 0.25) is 0 Å². The maximum absolute atomic E-state index is 14.5. The molecule has 2 aromatic heterocycles. The van der Waals surface area contributed by atoms with Gasteiger partial charge < -0.3 is 5.11 Å². The Bertz CT molecular complexity index is 1280. The predicted octanol–water partition coefficient (Wildman–Crippen LogP) is 4.72. The van der Waals surface area contributed by atoms with Gasteiger partial charge >= 0.3 is 0 Å². The second-order valence-electron chi connectivity index (χ2n) is 7.92. The summed E-state index contributed by atoms with van der Waals surface area (Å²) in [5.41, 5.74) is 2.58. The number of halogens is 1. The molecule has 0 saturated heterocycles. The van der Waals surface area contributed by atoms with Crippen molar-refractivity contribution in [2.24, 2.45) is 0 Å². The van der Waals surface area contributed by atoms with Crippen molar-refractivity contribution in [3.8, 4) is 17.3 Å². The molecule has 4 aromatic rings. The van der Waals surface area contributed by atoms with Crippen LogP contribution in [0.5, 0.6) is 0 Å². The van der Waals surface area contributed by atoms with Crippen molar-refractivity contribution in [3.63, 3.8) is 0 Å². The van der Waals surface area contributed by atoms with E-state index in [0.717, 1.165) is 16.8 Å². The van der Waals surface area contributed by atoms with Gasteiger partial charge in [0.1, 0.15) is 24.1 Å². The summed E-state index contributed by atoms with van der Waals surface area (Å²) in [7, 11) is 0. The summed E-state index contributed by atoms with van der Waals surface area (Å²) in [5, 5.41) is 27.8. The Morgan fingerprint density at radius 1 is 1.22 bits per heavy atom. The summed E-state index contributed by atoms with van der Waals surface area (Å²) in [5.74, 6) is -0.822. The second-order valence-corrected chi connectivity index (χ2v) is 8.81. The van der Waals surface area contributed by atoms with Crippen LogP contribution in [-0.4, -0.2) is 24.9 Å². The molecule has 2 atom stereocenters. The minimum absolute atomic E-state index is 0.100. The normalized spacial score (nSPS) is 14.0. The van der Waals surface area contributed by atoms with Gasteiger partial charge in [-0.1, -0.05) is 25.1 Å². The largest absolute Gasteiger partial charge is 0.382 e. The fourth-order valence-electron chi connectivity index (χ4n) is 3.85. The van der Waals surface area contributed by atoms with E-state index in [9.17, 15) is 9.50 Å². The molecular weight excluding hydrogens is 425 g/mol. The summed E-state index contributed by atoms with van der Waals surface area (Å²) in [4.78, 5) is 8.74. The van der Waals surface area contributed by atoms with Gasteiger partial charge in [-0.05, 0) is 48.7 Å². The van der Waals surface area contributed by atoms with E-state index < -0.39 is 11.5 Å². The molecule has 2 heterocycles. The summed E-state index contributed by atoms with van der Waals surface area (Å²) < 4.78 is 16.1. The van der Waals surface area contributed by atoms with E-state index in [4.69, 9.17) is 10.2 Å². The molecule has 8 heteroatoms. The molecule has 0 spiro atoms. The molecular formula is C24H22FN5OS. The molecule has 0 unspecified atom stereocenters. The van der Waals surface area contributed by atoms with Gasteiger partial charge in [-0.15, -0.1) is 11.3 Å². The highest BCUT2D eigenvalue weighted by atomic mass is 32.1. The zero-order chi connectivity index (χ0) is 22.9. The molecule has 0 bridgehead atoms. The lowest BCUT2D eigenvalue weighted by molar-refractivity contribution is -0.00884. The molecule has 32 heavy (non-hydrogen) atoms. The van der Waals surface area contributed by atoms with Crippen molar-refractivity contribution in [2.45, 2.75) is 38.8 Å². The van der Waals surface area contributed by atoms with Crippen LogP contribution in [0.1, 0.15) is 40.1 Å². The third kappa shape index (κ3) is 4.05. The summed E-state index contributed by atoms with van der Waals surface area (Å²) in [6.45, 7) is 5.56. The maximum Gasteiger partial charge on any atom is 0.137 e. The zero-order valence-corrected chi connectivity index (χ0v) is 18.8. The SMILES string of the molecule is Cc1cc(C)c([C@@](O)(Cn2cncn2)[C@@H](C)c2nc(-c3ccc(C#N)cc3)cs2)cc1F. The van der Waals surface area contributed by atoms with Gasteiger partial charge in [-0.25, -0.2) is 19.0 Å². The van der Waals surface area contributed by atoms with Crippen LogP contribution in [0.15, 0.2) is 54.4 Å². The van der Waals surface area contributed by atoms with E-state index in [1.54, 1.807) is 29.8 Å². The lowest BCUT2D eigenvalue weighted by Gasteiger charge is -2.35. The van der Waals surface area contributed by atoms with Gasteiger partial charge in [0.05, 0.1) is 28.9 Å². The number of benzene rings is 2. The standard InChI is InChI=1S/C24H22FN5OS/c1-15-8-16(2)21(25)9-20(15)24(31,12-30-14-27-13-28-30)17(3)23-29-22(11-32-23)19-6-4-18(10-26)5-7-19/h4-9,11,13-14,17,31H,12H2,1-3H3/t17-,24+/m0/s1. The molecule has 0 amide bonds. The number of thiazole rings is 1. The Morgan fingerprint density at radius 2 is 1.97 bits per heavy atom. The zero-order valence-electron chi connectivity index (χ0n) is 18.0. The van der Waals surface area contributed by atoms with Crippen LogP contribution in [0.3, 0.4) is 0 Å². The van der Waals surface area contributed by atoms with Crippen LogP contribution in [-0.2, 0) is 12.1 Å². The Kier molecular flexibility index (Phi) is 5.87. The molecule has 6 nitrogen and oxygen atoms in total. The number of hydrogen-bond acceptors (Lipinski definition) is 6. The Morgan fingerprint density at radius 3 is 2.62 bits per heavy atom. The second kappa shape index (κ2) is 8.61. The van der Waals surface area contributed by atoms with Crippen molar-refractivity contribution in [1.82, 2.24) is 19.7 Å². The highest BCUT2D eigenvalue weighted by molar-refractivity contribution is 7.10. The third-order valence-electron chi connectivity index (χ3n) is 5.76. The van der Waals surface area contributed by atoms with E-state index in [0.29, 0.717) is 21.7 Å². The van der Waals surface area contributed by atoms with Crippen LogP contribution in [0, 0.1) is 31.0 Å². The Hall–Kier alpha value is -3.41. The molecule has 0 aliphatic carbocycles. The molecule has 0 aliphatic rings. The van der Waals surface area contributed by atoms with Gasteiger partial charge in [-0.3, -0.25) is 0 Å². The minimum atomic E-state index is -1.47. The van der Waals surface area contributed by atoms with Gasteiger partial charge in [0, 0.05) is 16.9 Å². The van der Waals surface area contributed by atoms with Crippen molar-refractivity contribution in [2.75, 3.05) is 0 Å². The minimum Gasteiger partial charge on any atom is -0.382 e. The molecule has 4 rings (SSSR count). The summed E-state index contributed by atoms with van der Waals surface area (Å²) in [6, 6.07) is 12.5. The molecule has 0 fully saturated rings. The third-order valence-corrected chi connectivity index (χ3v) is 6.79. The first-order valence-corrected chi connectivity index (χ1v) is 11.0. The average Bonchev–Trinajstić information content (AvgIpc) is 3.48. The van der Waals surface area contributed by atoms with E-state index in [2.05, 4.69) is 16.2 Å². The van der Waals surface area contributed by atoms with Crippen LogP contribution >= 0.6 is 11.3 Å². The lowest BCUT2D eigenvalue weighted by Crippen LogP contribution is -2.38. The van der Waals surface area contributed by atoms with Gasteiger partial charge in [-0.2, -0.15) is 10.4 Å². The number of nitrogens with zero attached hydrogens (tertiary/aromatic N) is 5. The Balaban J connectivity index is 1.76. The lowest BCUT2D eigenvalue weighted by atomic mass is 9.79. The highest BCUT2D eigenvalue weighted by Gasteiger charge is 2.40. The molecule has 0 aliphatic heterocycles. The van der Waals surface area contributed by atoms with Crippen LogP contribution in [0.4, 0.5) is 4.39 Å². The molecule has 1 N–H and O–H groups in total. The first kappa shape index (κ1) is 21.8. The molecule has 162 valence electrons. The first-order valence-electron chi connectivity index (χ1n) is 10.1. The average molecular weight is 448 g/mol. The first-order chi connectivity index (χ1) is 15.3. The van der Waals surface area contributed by atoms with Crippen molar-refractivity contribution in [1.29, 1.82) is 5.26 Å². The van der Waals surface area contributed by atoms with Crippen molar-refractivity contribution >= 4 is 11.3 Å². The monoisotopic (exact) mass is 447 g/mol. The van der Waals surface area contributed by atoms with Gasteiger partial charge in [0.25, 0.3) is 0 Å². The van der Waals surface area contributed by atoms with E-state index >= 15 is 0 Å². The summed E-state index contributed by atoms with van der Waals surface area (Å²) >= 11 is 1.43. The van der Waals surface area contributed by atoms with Crippen LogP contribution < -0.4 is 0 Å². The fraction of sp³-hybridized carbons (Fsp3) is 0.250. The number of hydrogen-bond donors (Lipinski definition) is 1. The predicted molar refractivity (Wildman–Crippen MR) is 120 cm³/mol. The van der Waals surface area contributed by atoms with E-state index in [-0.39, 0.29) is 12.4 Å².